The van der Waals surface area contributed by atoms with E-state index in [4.69, 9.17) is 0 Å². The van der Waals surface area contributed by atoms with Crippen molar-refractivity contribution in [2.24, 2.45) is 0 Å². The van der Waals surface area contributed by atoms with Gasteiger partial charge < -0.3 is 9.88 Å². The quantitative estimate of drug-likeness (QED) is 0.936. The third-order valence-electron chi connectivity index (χ3n) is 5.23. The van der Waals surface area contributed by atoms with Crippen LogP contribution >= 0.6 is 0 Å². The number of hydrogen-bond acceptors (Lipinski definition) is 3. The van der Waals surface area contributed by atoms with Crippen molar-refractivity contribution in [2.75, 3.05) is 0 Å². The molecule has 1 unspecified atom stereocenters. The number of hydrogen-bond donors (Lipinski definition) is 1. The Balaban J connectivity index is 1.38. The van der Waals surface area contributed by atoms with Gasteiger partial charge in [-0.3, -0.25) is 4.79 Å². The van der Waals surface area contributed by atoms with E-state index in [0.717, 1.165) is 49.4 Å². The first-order chi connectivity index (χ1) is 11.7. The monoisotopic (exact) mass is 324 g/mol. The van der Waals surface area contributed by atoms with Crippen LogP contribution in [0.5, 0.6) is 0 Å². The summed E-state index contributed by atoms with van der Waals surface area (Å²) in [5, 5.41) is 11.7. The molecule has 0 radical (unpaired) electrons. The summed E-state index contributed by atoms with van der Waals surface area (Å²) in [5.74, 6) is 2.19. The highest BCUT2D eigenvalue weighted by Gasteiger charge is 2.23. The van der Waals surface area contributed by atoms with Crippen LogP contribution in [0.2, 0.25) is 0 Å². The van der Waals surface area contributed by atoms with Crippen molar-refractivity contribution >= 4 is 5.91 Å². The fraction of sp³-hybridized carbons (Fsp3) is 0.526. The Morgan fingerprint density at radius 2 is 2.12 bits per heavy atom. The molecule has 24 heavy (non-hydrogen) atoms. The van der Waals surface area contributed by atoms with Gasteiger partial charge in [0.15, 0.2) is 0 Å². The molecule has 1 atom stereocenters. The lowest BCUT2D eigenvalue weighted by molar-refractivity contribution is -0.121. The van der Waals surface area contributed by atoms with Gasteiger partial charge in [0.1, 0.15) is 11.6 Å². The van der Waals surface area contributed by atoms with E-state index in [9.17, 15) is 4.79 Å². The van der Waals surface area contributed by atoms with E-state index in [0.29, 0.717) is 6.42 Å². The zero-order valence-corrected chi connectivity index (χ0v) is 14.2. The van der Waals surface area contributed by atoms with Gasteiger partial charge in [-0.1, -0.05) is 25.1 Å². The van der Waals surface area contributed by atoms with Gasteiger partial charge in [0.2, 0.25) is 5.91 Å². The van der Waals surface area contributed by atoms with E-state index in [1.54, 1.807) is 0 Å². The lowest BCUT2D eigenvalue weighted by Gasteiger charge is -2.25. The Morgan fingerprint density at radius 3 is 3.00 bits per heavy atom. The number of carbonyl (C=O) groups is 1. The van der Waals surface area contributed by atoms with Crippen LogP contribution in [0.25, 0.3) is 0 Å². The maximum atomic E-state index is 12.4. The fourth-order valence-corrected chi connectivity index (χ4v) is 3.96. The summed E-state index contributed by atoms with van der Waals surface area (Å²) >= 11 is 0. The summed E-state index contributed by atoms with van der Waals surface area (Å²) in [6.45, 7) is 2.88. The minimum Gasteiger partial charge on any atom is -0.351 e. The molecular weight excluding hydrogens is 300 g/mol. The predicted molar refractivity (Wildman–Crippen MR) is 91.8 cm³/mol. The van der Waals surface area contributed by atoms with Crippen molar-refractivity contribution in [3.8, 4) is 0 Å². The van der Waals surface area contributed by atoms with Crippen molar-refractivity contribution in [2.45, 2.75) is 64.5 Å². The summed E-state index contributed by atoms with van der Waals surface area (Å²) in [6, 6.07) is 6.71. The summed E-state index contributed by atoms with van der Waals surface area (Å²) in [6.07, 6.45) is 6.76. The standard InChI is InChI=1S/C19H24N4O/c1-2-17-21-22-18-9-8-16(12-23(17)18)20-19(24)11-13-6-7-14-4-3-5-15(14)10-13/h6-7,10,16H,2-5,8-9,11-12H2,1H3,(H,20,24). The van der Waals surface area contributed by atoms with E-state index in [1.807, 2.05) is 0 Å². The second-order valence-corrected chi connectivity index (χ2v) is 6.93. The van der Waals surface area contributed by atoms with Crippen LogP contribution in [-0.2, 0) is 43.4 Å². The van der Waals surface area contributed by atoms with Gasteiger partial charge in [-0.15, -0.1) is 10.2 Å². The fourth-order valence-electron chi connectivity index (χ4n) is 3.96. The molecule has 0 spiro atoms. The zero-order chi connectivity index (χ0) is 16.5. The molecule has 0 saturated carbocycles. The highest BCUT2D eigenvalue weighted by atomic mass is 16.1. The topological polar surface area (TPSA) is 59.8 Å². The zero-order valence-electron chi connectivity index (χ0n) is 14.2. The minimum absolute atomic E-state index is 0.118. The molecule has 0 bridgehead atoms. The number of carbonyl (C=O) groups excluding carboxylic acids is 1. The molecular formula is C19H24N4O. The van der Waals surface area contributed by atoms with Crippen LogP contribution in [0.4, 0.5) is 0 Å². The number of nitrogens with one attached hydrogen (secondary N) is 1. The number of amides is 1. The number of aryl methyl sites for hydroxylation is 4. The van der Waals surface area contributed by atoms with Crippen LogP contribution in [0.3, 0.4) is 0 Å². The van der Waals surface area contributed by atoms with Gasteiger partial charge in [0, 0.05) is 25.4 Å². The molecule has 5 heteroatoms. The number of nitrogens with zero attached hydrogens (tertiary/aromatic N) is 3. The lowest BCUT2D eigenvalue weighted by atomic mass is 10.0. The maximum absolute atomic E-state index is 12.4. The Labute approximate surface area is 142 Å². The normalized spacial score (nSPS) is 19.0. The van der Waals surface area contributed by atoms with E-state index < -0.39 is 0 Å². The van der Waals surface area contributed by atoms with Crippen molar-refractivity contribution in [3.63, 3.8) is 0 Å². The average Bonchev–Trinajstić information content (AvgIpc) is 3.20. The number of fused-ring (bicyclic) bond motifs is 2. The molecule has 1 aliphatic carbocycles. The summed E-state index contributed by atoms with van der Waals surface area (Å²) in [7, 11) is 0. The molecule has 1 aromatic carbocycles. The Morgan fingerprint density at radius 1 is 1.25 bits per heavy atom. The molecule has 0 saturated heterocycles. The van der Waals surface area contributed by atoms with Crippen LogP contribution in [-0.4, -0.2) is 26.7 Å². The number of rotatable bonds is 4. The maximum Gasteiger partial charge on any atom is 0.224 e. The third-order valence-corrected chi connectivity index (χ3v) is 5.23. The van der Waals surface area contributed by atoms with Crippen molar-refractivity contribution in [1.29, 1.82) is 0 Å². The molecule has 126 valence electrons. The van der Waals surface area contributed by atoms with Crippen molar-refractivity contribution in [3.05, 3.63) is 46.5 Å². The molecule has 1 amide bonds. The van der Waals surface area contributed by atoms with Crippen molar-refractivity contribution in [1.82, 2.24) is 20.1 Å². The largest absolute Gasteiger partial charge is 0.351 e. The third kappa shape index (κ3) is 2.95. The summed E-state index contributed by atoms with van der Waals surface area (Å²) in [5.41, 5.74) is 4.02. The molecule has 2 aliphatic rings. The second kappa shape index (κ2) is 6.38. The smallest absolute Gasteiger partial charge is 0.224 e. The predicted octanol–water partition coefficient (Wildman–Crippen LogP) is 2.00. The molecule has 2 heterocycles. The van der Waals surface area contributed by atoms with Gasteiger partial charge in [-0.2, -0.15) is 0 Å². The van der Waals surface area contributed by atoms with E-state index in [-0.39, 0.29) is 11.9 Å². The van der Waals surface area contributed by atoms with Crippen LogP contribution < -0.4 is 5.32 Å². The second-order valence-electron chi connectivity index (χ2n) is 6.93. The summed E-state index contributed by atoms with van der Waals surface area (Å²) in [4.78, 5) is 12.4. The first-order valence-electron chi connectivity index (χ1n) is 9.04. The molecule has 2 aromatic rings. The van der Waals surface area contributed by atoms with Gasteiger partial charge in [0.25, 0.3) is 0 Å². The van der Waals surface area contributed by atoms with Gasteiger partial charge >= 0.3 is 0 Å². The first-order valence-corrected chi connectivity index (χ1v) is 9.04. The van der Waals surface area contributed by atoms with E-state index in [1.165, 1.54) is 24.0 Å². The van der Waals surface area contributed by atoms with Crippen LogP contribution in [0.15, 0.2) is 18.2 Å². The lowest BCUT2D eigenvalue weighted by Crippen LogP contribution is -2.42. The Bertz CT molecular complexity index is 751. The van der Waals surface area contributed by atoms with Crippen LogP contribution in [0.1, 0.15) is 48.1 Å². The molecule has 0 fully saturated rings. The molecule has 4 rings (SSSR count). The van der Waals surface area contributed by atoms with Gasteiger partial charge in [-0.05, 0) is 42.4 Å². The molecule has 1 aliphatic heterocycles. The minimum atomic E-state index is 0.118. The Hall–Kier alpha value is -2.17. The highest BCUT2D eigenvalue weighted by molar-refractivity contribution is 5.79. The highest BCUT2D eigenvalue weighted by Crippen LogP contribution is 2.23. The van der Waals surface area contributed by atoms with Gasteiger partial charge in [0.05, 0.1) is 6.42 Å². The van der Waals surface area contributed by atoms with Crippen molar-refractivity contribution < 1.29 is 4.79 Å². The molecule has 5 nitrogen and oxygen atoms in total. The molecule has 1 aromatic heterocycles. The van der Waals surface area contributed by atoms with E-state index >= 15 is 0 Å². The Kier molecular flexibility index (Phi) is 4.08. The van der Waals surface area contributed by atoms with Gasteiger partial charge in [-0.25, -0.2) is 0 Å². The molecule has 1 N–H and O–H groups in total. The van der Waals surface area contributed by atoms with Crippen LogP contribution in [0, 0.1) is 0 Å². The number of benzene rings is 1. The number of aromatic nitrogens is 3. The average molecular weight is 324 g/mol. The SMILES string of the molecule is CCc1nnc2n1CC(NC(=O)Cc1ccc3c(c1)CCC3)CC2. The van der Waals surface area contributed by atoms with E-state index in [2.05, 4.69) is 45.2 Å². The summed E-state index contributed by atoms with van der Waals surface area (Å²) < 4.78 is 2.17. The first kappa shape index (κ1) is 15.4.